The summed E-state index contributed by atoms with van der Waals surface area (Å²) in [5, 5.41) is 5.42. The van der Waals surface area contributed by atoms with Gasteiger partial charge in [0.2, 0.25) is 5.82 Å². The highest BCUT2D eigenvalue weighted by molar-refractivity contribution is 7.19. The van der Waals surface area contributed by atoms with E-state index in [0.717, 1.165) is 29.5 Å². The zero-order valence-corrected chi connectivity index (χ0v) is 16.4. The van der Waals surface area contributed by atoms with Crippen LogP contribution in [0.5, 0.6) is 0 Å². The van der Waals surface area contributed by atoms with Gasteiger partial charge in [-0.05, 0) is 31.7 Å². The van der Waals surface area contributed by atoms with E-state index in [9.17, 15) is 9.59 Å². The summed E-state index contributed by atoms with van der Waals surface area (Å²) in [6.45, 7) is 3.90. The molecule has 0 atom stereocenters. The van der Waals surface area contributed by atoms with Crippen LogP contribution in [0.25, 0.3) is 15.9 Å². The second kappa shape index (κ2) is 6.69. The lowest BCUT2D eigenvalue weighted by Gasteiger charge is -2.33. The Bertz CT molecular complexity index is 1080. The molecule has 0 aromatic carbocycles. The van der Waals surface area contributed by atoms with Crippen LogP contribution in [0, 0.1) is 0 Å². The van der Waals surface area contributed by atoms with Crippen LogP contribution in [0.15, 0.2) is 6.33 Å². The predicted molar refractivity (Wildman–Crippen MR) is 103 cm³/mol. The van der Waals surface area contributed by atoms with Gasteiger partial charge in [0.05, 0.1) is 12.0 Å². The van der Waals surface area contributed by atoms with Crippen LogP contribution in [-0.4, -0.2) is 74.2 Å². The average molecular weight is 400 g/mol. The van der Waals surface area contributed by atoms with Gasteiger partial charge < -0.3 is 14.5 Å². The number of aromatic nitrogens is 4. The lowest BCUT2D eigenvalue weighted by Crippen LogP contribution is -2.50. The molecule has 10 heteroatoms. The molecule has 5 rings (SSSR count). The molecule has 2 aliphatic rings. The summed E-state index contributed by atoms with van der Waals surface area (Å²) in [6.07, 6.45) is 4.57. The van der Waals surface area contributed by atoms with Crippen molar-refractivity contribution in [3.05, 3.63) is 22.6 Å². The number of piperazine rings is 1. The fourth-order valence-electron chi connectivity index (χ4n) is 3.93. The summed E-state index contributed by atoms with van der Waals surface area (Å²) in [6, 6.07) is 0. The molecule has 0 bridgehead atoms. The molecule has 1 aliphatic heterocycles. The van der Waals surface area contributed by atoms with Gasteiger partial charge in [-0.25, -0.2) is 19.3 Å². The lowest BCUT2D eigenvalue weighted by atomic mass is 10.2. The van der Waals surface area contributed by atoms with E-state index >= 15 is 0 Å². The third-order valence-corrected chi connectivity index (χ3v) is 6.53. The smallest absolute Gasteiger partial charge is 0.409 e. The number of carbonyl (C=O) groups excluding carboxylic acids is 2. The van der Waals surface area contributed by atoms with Crippen LogP contribution in [0.2, 0.25) is 0 Å². The third kappa shape index (κ3) is 2.70. The van der Waals surface area contributed by atoms with Gasteiger partial charge in [0, 0.05) is 31.1 Å². The number of thiophene rings is 1. The molecule has 1 saturated heterocycles. The molecule has 0 spiro atoms. The minimum atomic E-state index is -0.333. The molecule has 2 amide bonds. The molecule has 0 radical (unpaired) electrons. The van der Waals surface area contributed by atoms with Crippen molar-refractivity contribution in [2.75, 3.05) is 32.8 Å². The first-order valence-electron chi connectivity index (χ1n) is 9.52. The number of hydrogen-bond acceptors (Lipinski definition) is 7. The van der Waals surface area contributed by atoms with Crippen LogP contribution in [0.3, 0.4) is 0 Å². The van der Waals surface area contributed by atoms with Crippen molar-refractivity contribution in [3.8, 4) is 0 Å². The molecular formula is C18H20N6O3S. The summed E-state index contributed by atoms with van der Waals surface area (Å²) >= 11 is 1.72. The molecule has 0 saturated carbocycles. The summed E-state index contributed by atoms with van der Waals surface area (Å²) < 4.78 is 6.63. The Hall–Kier alpha value is -2.75. The van der Waals surface area contributed by atoms with Gasteiger partial charge in [-0.15, -0.1) is 16.4 Å². The van der Waals surface area contributed by atoms with E-state index in [0.29, 0.717) is 38.4 Å². The first kappa shape index (κ1) is 17.4. The van der Waals surface area contributed by atoms with Crippen molar-refractivity contribution >= 4 is 39.2 Å². The molecule has 1 aliphatic carbocycles. The second-order valence-electron chi connectivity index (χ2n) is 6.96. The van der Waals surface area contributed by atoms with Gasteiger partial charge in [-0.2, -0.15) is 0 Å². The summed E-state index contributed by atoms with van der Waals surface area (Å²) in [7, 11) is 0. The van der Waals surface area contributed by atoms with E-state index in [1.165, 1.54) is 10.4 Å². The highest BCUT2D eigenvalue weighted by atomic mass is 32.1. The van der Waals surface area contributed by atoms with Crippen molar-refractivity contribution in [2.24, 2.45) is 0 Å². The number of rotatable bonds is 2. The fraction of sp³-hybridized carbons (Fsp3) is 0.500. The first-order chi connectivity index (χ1) is 13.7. The van der Waals surface area contributed by atoms with E-state index in [1.807, 2.05) is 0 Å². The number of carbonyl (C=O) groups is 2. The SMILES string of the molecule is CCOC(=O)N1CCN(C(=O)c2nc3c4c5c(sc4ncn3n2)CCC5)CC1. The van der Waals surface area contributed by atoms with Gasteiger partial charge in [0.25, 0.3) is 5.91 Å². The van der Waals surface area contributed by atoms with E-state index in [1.54, 1.807) is 38.9 Å². The topological polar surface area (TPSA) is 92.9 Å². The molecule has 3 aromatic heterocycles. The van der Waals surface area contributed by atoms with Crippen molar-refractivity contribution in [1.82, 2.24) is 29.4 Å². The van der Waals surface area contributed by atoms with Gasteiger partial charge in [0.15, 0.2) is 5.65 Å². The third-order valence-electron chi connectivity index (χ3n) is 5.33. The summed E-state index contributed by atoms with van der Waals surface area (Å²) in [4.78, 5) is 39.5. The molecule has 3 aromatic rings. The second-order valence-corrected chi connectivity index (χ2v) is 8.05. The molecule has 146 valence electrons. The van der Waals surface area contributed by atoms with Crippen molar-refractivity contribution in [3.63, 3.8) is 0 Å². The van der Waals surface area contributed by atoms with Crippen LogP contribution < -0.4 is 0 Å². The molecule has 28 heavy (non-hydrogen) atoms. The maximum Gasteiger partial charge on any atom is 0.409 e. The van der Waals surface area contributed by atoms with E-state index in [-0.39, 0.29) is 17.8 Å². The Kier molecular flexibility index (Phi) is 4.15. The van der Waals surface area contributed by atoms with Gasteiger partial charge in [-0.3, -0.25) is 4.79 Å². The number of hydrogen-bond donors (Lipinski definition) is 0. The Morgan fingerprint density at radius 3 is 2.75 bits per heavy atom. The standard InChI is InChI=1S/C18H20N6O3S/c1-2-27-18(26)23-8-6-22(7-9-23)17(25)14-20-15-13-11-4-3-5-12(11)28-16(13)19-10-24(15)21-14/h10H,2-9H2,1H3. The van der Waals surface area contributed by atoms with Crippen LogP contribution in [0.1, 0.15) is 34.4 Å². The highest BCUT2D eigenvalue weighted by Crippen LogP contribution is 2.37. The van der Waals surface area contributed by atoms with E-state index < -0.39 is 0 Å². The predicted octanol–water partition coefficient (Wildman–Crippen LogP) is 1.74. The van der Waals surface area contributed by atoms with Crippen LogP contribution in [-0.2, 0) is 17.6 Å². The lowest BCUT2D eigenvalue weighted by molar-refractivity contribution is 0.0561. The monoisotopic (exact) mass is 400 g/mol. The quantitative estimate of drug-likeness (QED) is 0.651. The summed E-state index contributed by atoms with van der Waals surface area (Å²) in [5.41, 5.74) is 2.02. The number of fused-ring (bicyclic) bond motifs is 5. The van der Waals surface area contributed by atoms with Crippen LogP contribution >= 0.6 is 11.3 Å². The van der Waals surface area contributed by atoms with Crippen LogP contribution in [0.4, 0.5) is 4.79 Å². The molecule has 9 nitrogen and oxygen atoms in total. The number of nitrogens with zero attached hydrogens (tertiary/aromatic N) is 6. The van der Waals surface area contributed by atoms with Gasteiger partial charge in [-0.1, -0.05) is 0 Å². The number of aryl methyl sites for hydroxylation is 2. The first-order valence-corrected chi connectivity index (χ1v) is 10.3. The normalized spacial score (nSPS) is 16.8. The molecule has 1 fully saturated rings. The fourth-order valence-corrected chi connectivity index (χ4v) is 5.16. The van der Waals surface area contributed by atoms with Crippen molar-refractivity contribution in [1.29, 1.82) is 0 Å². The average Bonchev–Trinajstić information content (AvgIpc) is 3.40. The maximum atomic E-state index is 12.9. The molecule has 4 heterocycles. The maximum absolute atomic E-state index is 12.9. The summed E-state index contributed by atoms with van der Waals surface area (Å²) in [5.74, 6) is -0.0379. The Morgan fingerprint density at radius 2 is 1.96 bits per heavy atom. The molecule has 0 N–H and O–H groups in total. The number of ether oxygens (including phenoxy) is 1. The number of amides is 2. The Labute approximate surface area is 164 Å². The minimum Gasteiger partial charge on any atom is -0.450 e. The van der Waals surface area contributed by atoms with E-state index in [4.69, 9.17) is 4.74 Å². The van der Waals surface area contributed by atoms with Crippen molar-refractivity contribution in [2.45, 2.75) is 26.2 Å². The largest absolute Gasteiger partial charge is 0.450 e. The van der Waals surface area contributed by atoms with E-state index in [2.05, 4.69) is 15.1 Å². The molecule has 0 unspecified atom stereocenters. The van der Waals surface area contributed by atoms with Crippen molar-refractivity contribution < 1.29 is 14.3 Å². The van der Waals surface area contributed by atoms with Gasteiger partial charge >= 0.3 is 6.09 Å². The molecular weight excluding hydrogens is 380 g/mol. The zero-order chi connectivity index (χ0) is 19.3. The Balaban J connectivity index is 1.40. The Morgan fingerprint density at radius 1 is 1.18 bits per heavy atom. The zero-order valence-electron chi connectivity index (χ0n) is 15.6. The van der Waals surface area contributed by atoms with Gasteiger partial charge in [0.1, 0.15) is 11.2 Å². The minimum absolute atomic E-state index is 0.178. The highest BCUT2D eigenvalue weighted by Gasteiger charge is 2.29.